The average Bonchev–Trinajstić information content (AvgIpc) is 3.68. The number of benzene rings is 5. The van der Waals surface area contributed by atoms with Gasteiger partial charge in [-0.2, -0.15) is 0 Å². The van der Waals surface area contributed by atoms with Gasteiger partial charge >= 0.3 is 0 Å². The first kappa shape index (κ1) is 35.4. The molecule has 266 valence electrons. The normalized spacial score (nSPS) is 13.0. The van der Waals surface area contributed by atoms with Crippen LogP contribution in [0.4, 0.5) is 0 Å². The van der Waals surface area contributed by atoms with Crippen LogP contribution in [0.5, 0.6) is 0 Å². The first-order chi connectivity index (χ1) is 25.4. The monoisotopic (exact) mass is 688 g/mol. The SMILES string of the molecule is CCCCC(CC)Cn1c2ccccc2c2cc(C(=O)c3cccc(C(=O)c4ccc5c(c4)c4ccccc4n5CC(CC)CCCC)c3)ccc21. The topological polar surface area (TPSA) is 44.0 Å². The molecule has 0 amide bonds. The van der Waals surface area contributed by atoms with E-state index < -0.39 is 0 Å². The van der Waals surface area contributed by atoms with Gasteiger partial charge in [0.2, 0.25) is 0 Å². The summed E-state index contributed by atoms with van der Waals surface area (Å²) in [7, 11) is 0. The third-order valence-electron chi connectivity index (χ3n) is 11.4. The largest absolute Gasteiger partial charge is 0.340 e. The molecule has 0 bridgehead atoms. The van der Waals surface area contributed by atoms with Crippen molar-refractivity contribution in [3.8, 4) is 0 Å². The van der Waals surface area contributed by atoms with E-state index in [0.717, 1.165) is 36.7 Å². The van der Waals surface area contributed by atoms with E-state index in [2.05, 4.69) is 97.5 Å². The molecule has 4 heteroatoms. The van der Waals surface area contributed by atoms with Gasteiger partial charge in [-0.15, -0.1) is 0 Å². The summed E-state index contributed by atoms with van der Waals surface area (Å²) in [5.74, 6) is 1.08. The Morgan fingerprint density at radius 3 is 1.29 bits per heavy atom. The van der Waals surface area contributed by atoms with Crippen LogP contribution in [-0.2, 0) is 13.1 Å². The van der Waals surface area contributed by atoms with E-state index in [4.69, 9.17) is 0 Å². The lowest BCUT2D eigenvalue weighted by Gasteiger charge is -2.17. The number of rotatable bonds is 16. The first-order valence-corrected chi connectivity index (χ1v) is 19.7. The fourth-order valence-corrected chi connectivity index (χ4v) is 8.27. The third-order valence-corrected chi connectivity index (χ3v) is 11.4. The number of carbonyl (C=O) groups is 2. The Morgan fingerprint density at radius 1 is 0.462 bits per heavy atom. The van der Waals surface area contributed by atoms with Crippen molar-refractivity contribution >= 4 is 55.2 Å². The fourth-order valence-electron chi connectivity index (χ4n) is 8.27. The molecular formula is C48H52N2O2. The quantitative estimate of drug-likeness (QED) is 0.0949. The number of nitrogens with zero attached hydrogens (tertiary/aromatic N) is 2. The molecule has 0 aliphatic carbocycles. The highest BCUT2D eigenvalue weighted by molar-refractivity contribution is 6.17. The molecule has 2 unspecified atom stereocenters. The highest BCUT2D eigenvalue weighted by atomic mass is 16.1. The van der Waals surface area contributed by atoms with E-state index >= 15 is 0 Å². The molecular weight excluding hydrogens is 637 g/mol. The number of unbranched alkanes of at least 4 members (excludes halogenated alkanes) is 2. The summed E-state index contributed by atoms with van der Waals surface area (Å²) in [4.78, 5) is 28.1. The molecule has 0 N–H and O–H groups in total. The lowest BCUT2D eigenvalue weighted by atomic mass is 9.96. The first-order valence-electron chi connectivity index (χ1n) is 19.7. The zero-order valence-corrected chi connectivity index (χ0v) is 31.3. The lowest BCUT2D eigenvalue weighted by molar-refractivity contribution is 0.103. The van der Waals surface area contributed by atoms with Crippen LogP contribution < -0.4 is 0 Å². The maximum atomic E-state index is 14.1. The molecule has 2 atom stereocenters. The Balaban J connectivity index is 1.19. The minimum atomic E-state index is -0.0742. The van der Waals surface area contributed by atoms with Gasteiger partial charge in [-0.3, -0.25) is 9.59 Å². The van der Waals surface area contributed by atoms with Gasteiger partial charge in [0, 0.05) is 79.0 Å². The summed E-state index contributed by atoms with van der Waals surface area (Å²) in [6.45, 7) is 11.0. The van der Waals surface area contributed by atoms with Crippen molar-refractivity contribution in [3.63, 3.8) is 0 Å². The van der Waals surface area contributed by atoms with Crippen molar-refractivity contribution in [2.45, 2.75) is 92.2 Å². The maximum absolute atomic E-state index is 14.1. The Hall–Kier alpha value is -4.96. The van der Waals surface area contributed by atoms with Gasteiger partial charge in [0.15, 0.2) is 11.6 Å². The van der Waals surface area contributed by atoms with Gasteiger partial charge < -0.3 is 9.13 Å². The number of hydrogen-bond donors (Lipinski definition) is 0. The number of aromatic nitrogens is 2. The zero-order chi connectivity index (χ0) is 36.2. The lowest BCUT2D eigenvalue weighted by Crippen LogP contribution is -2.10. The minimum Gasteiger partial charge on any atom is -0.340 e. The molecule has 0 radical (unpaired) electrons. The van der Waals surface area contributed by atoms with Crippen LogP contribution in [0.1, 0.15) is 111 Å². The second-order valence-electron chi connectivity index (χ2n) is 14.8. The molecule has 0 spiro atoms. The maximum Gasteiger partial charge on any atom is 0.193 e. The number of para-hydroxylation sites is 2. The van der Waals surface area contributed by atoms with Gasteiger partial charge in [-0.25, -0.2) is 0 Å². The highest BCUT2D eigenvalue weighted by Crippen LogP contribution is 2.34. The van der Waals surface area contributed by atoms with Crippen molar-refractivity contribution in [3.05, 3.63) is 131 Å². The molecule has 0 aliphatic heterocycles. The Morgan fingerprint density at radius 2 is 0.865 bits per heavy atom. The molecule has 2 heterocycles. The zero-order valence-electron chi connectivity index (χ0n) is 31.3. The standard InChI is InChI=1S/C48H52N2O2/c1-5-9-16-33(7-3)31-49-43-22-13-11-20-39(43)41-29-37(24-26-45(41)49)47(51)35-18-15-19-36(28-35)48(52)38-25-27-46-42(30-38)40-21-12-14-23-44(40)50(46)32-34(8-4)17-10-6-2/h11-15,18-30,33-34H,5-10,16-17,31-32H2,1-4H3. The van der Waals surface area contributed by atoms with Crippen LogP contribution in [0, 0.1) is 11.8 Å². The summed E-state index contributed by atoms with van der Waals surface area (Å²) in [6.07, 6.45) is 9.65. The van der Waals surface area contributed by atoms with Crippen molar-refractivity contribution < 1.29 is 9.59 Å². The second-order valence-corrected chi connectivity index (χ2v) is 14.8. The van der Waals surface area contributed by atoms with Crippen LogP contribution in [0.25, 0.3) is 43.6 Å². The summed E-state index contributed by atoms with van der Waals surface area (Å²) >= 11 is 0. The molecule has 4 nitrogen and oxygen atoms in total. The molecule has 0 saturated heterocycles. The predicted octanol–water partition coefficient (Wildman–Crippen LogP) is 12.8. The van der Waals surface area contributed by atoms with E-state index in [9.17, 15) is 9.59 Å². The van der Waals surface area contributed by atoms with E-state index in [1.807, 2.05) is 42.5 Å². The molecule has 0 fully saturated rings. The molecule has 7 rings (SSSR count). The predicted molar refractivity (Wildman–Crippen MR) is 219 cm³/mol. The minimum absolute atomic E-state index is 0.0742. The molecule has 2 aromatic heterocycles. The average molecular weight is 689 g/mol. The molecule has 7 aromatic rings. The van der Waals surface area contributed by atoms with Crippen molar-refractivity contribution in [2.24, 2.45) is 11.8 Å². The number of ketones is 2. The van der Waals surface area contributed by atoms with Gasteiger partial charge in [-0.1, -0.05) is 121 Å². The summed E-state index contributed by atoms with van der Waals surface area (Å²) in [6, 6.07) is 36.6. The van der Waals surface area contributed by atoms with E-state index in [0.29, 0.717) is 34.1 Å². The third kappa shape index (κ3) is 6.84. The second kappa shape index (κ2) is 15.7. The molecule has 0 saturated carbocycles. The molecule has 0 aliphatic rings. The van der Waals surface area contributed by atoms with Crippen molar-refractivity contribution in [1.82, 2.24) is 9.13 Å². The van der Waals surface area contributed by atoms with E-state index in [1.54, 1.807) is 6.07 Å². The number of carbonyl (C=O) groups excluding carboxylic acids is 2. The van der Waals surface area contributed by atoms with E-state index in [-0.39, 0.29) is 11.6 Å². The van der Waals surface area contributed by atoms with Gasteiger partial charge in [0.1, 0.15) is 0 Å². The van der Waals surface area contributed by atoms with Gasteiger partial charge in [0.25, 0.3) is 0 Å². The van der Waals surface area contributed by atoms with Crippen molar-refractivity contribution in [1.29, 1.82) is 0 Å². The van der Waals surface area contributed by atoms with Crippen LogP contribution in [-0.4, -0.2) is 20.7 Å². The highest BCUT2D eigenvalue weighted by Gasteiger charge is 2.20. The summed E-state index contributed by atoms with van der Waals surface area (Å²) in [5.41, 5.74) is 7.08. The molecule has 52 heavy (non-hydrogen) atoms. The van der Waals surface area contributed by atoms with E-state index in [1.165, 1.54) is 71.4 Å². The van der Waals surface area contributed by atoms with Crippen molar-refractivity contribution in [2.75, 3.05) is 0 Å². The smallest absolute Gasteiger partial charge is 0.193 e. The number of fused-ring (bicyclic) bond motifs is 6. The van der Waals surface area contributed by atoms with Gasteiger partial charge in [-0.05, 0) is 79.3 Å². The summed E-state index contributed by atoms with van der Waals surface area (Å²) < 4.78 is 4.90. The Kier molecular flexibility index (Phi) is 10.7. The molecule has 5 aromatic carbocycles. The Labute approximate surface area is 308 Å². The van der Waals surface area contributed by atoms with Crippen LogP contribution in [0.3, 0.4) is 0 Å². The fraction of sp³-hybridized carbons (Fsp3) is 0.333. The van der Waals surface area contributed by atoms with Gasteiger partial charge in [0.05, 0.1) is 0 Å². The number of hydrogen-bond acceptors (Lipinski definition) is 2. The Bertz CT molecular complexity index is 2210. The van der Waals surface area contributed by atoms with Crippen LogP contribution in [0.15, 0.2) is 109 Å². The van der Waals surface area contributed by atoms with Crippen LogP contribution >= 0.6 is 0 Å². The van der Waals surface area contributed by atoms with Crippen LogP contribution in [0.2, 0.25) is 0 Å². The summed E-state index contributed by atoms with van der Waals surface area (Å²) in [5, 5.41) is 4.54.